The van der Waals surface area contributed by atoms with E-state index >= 15 is 0 Å². The average molecular weight is 303 g/mol. The average Bonchev–Trinajstić information content (AvgIpc) is 2.51. The molecule has 2 aromatic rings. The lowest BCUT2D eigenvalue weighted by Crippen LogP contribution is -2.73. The Morgan fingerprint density at radius 3 is 1.74 bits per heavy atom. The Kier molecular flexibility index (Phi) is 3.61. The van der Waals surface area contributed by atoms with Crippen molar-refractivity contribution in [1.29, 1.82) is 0 Å². The molecule has 0 aliphatic heterocycles. The molecule has 0 aromatic heterocycles. The largest absolute Gasteiger partial charge is 0.289 e. The number of benzene rings is 2. The summed E-state index contributed by atoms with van der Waals surface area (Å²) < 4.78 is 0. The standard InChI is InChI=1S/C22H25N/c1-2-13-21-16-22(17-21,18-21)23(14-19-9-5-3-6-10-19)15-20-11-7-4-8-12-20/h2-12H,1,13-18H2. The van der Waals surface area contributed by atoms with Crippen molar-refractivity contribution in [3.63, 3.8) is 0 Å². The predicted molar refractivity (Wildman–Crippen MR) is 96.0 cm³/mol. The van der Waals surface area contributed by atoms with Crippen LogP contribution in [-0.4, -0.2) is 10.4 Å². The lowest BCUT2D eigenvalue weighted by Gasteiger charge is -2.74. The highest BCUT2D eigenvalue weighted by Gasteiger charge is 2.68. The fraction of sp³-hybridized carbons (Fsp3) is 0.364. The normalized spacial score (nSPS) is 28.0. The number of hydrogen-bond donors (Lipinski definition) is 0. The van der Waals surface area contributed by atoms with Crippen molar-refractivity contribution in [1.82, 2.24) is 4.90 Å². The molecule has 3 aliphatic rings. The molecule has 1 heteroatoms. The maximum atomic E-state index is 3.94. The number of allylic oxidation sites excluding steroid dienone is 1. The molecule has 0 atom stereocenters. The molecule has 0 amide bonds. The van der Waals surface area contributed by atoms with E-state index in [4.69, 9.17) is 0 Å². The van der Waals surface area contributed by atoms with Crippen molar-refractivity contribution in [2.75, 3.05) is 0 Å². The molecule has 23 heavy (non-hydrogen) atoms. The lowest BCUT2D eigenvalue weighted by atomic mass is 9.38. The van der Waals surface area contributed by atoms with Crippen molar-refractivity contribution in [3.8, 4) is 0 Å². The van der Waals surface area contributed by atoms with Crippen molar-refractivity contribution in [3.05, 3.63) is 84.4 Å². The Morgan fingerprint density at radius 1 is 0.826 bits per heavy atom. The molecule has 0 saturated heterocycles. The van der Waals surface area contributed by atoms with E-state index in [2.05, 4.69) is 78.2 Å². The van der Waals surface area contributed by atoms with Gasteiger partial charge in [0.25, 0.3) is 0 Å². The maximum absolute atomic E-state index is 3.94. The fourth-order valence-electron chi connectivity index (χ4n) is 4.80. The highest BCUT2D eigenvalue weighted by molar-refractivity contribution is 5.27. The van der Waals surface area contributed by atoms with Crippen molar-refractivity contribution in [2.24, 2.45) is 5.41 Å². The molecule has 1 nitrogen and oxygen atoms in total. The van der Waals surface area contributed by atoms with Gasteiger partial charge in [-0.15, -0.1) is 6.58 Å². The first-order chi connectivity index (χ1) is 11.2. The molecule has 3 fully saturated rings. The summed E-state index contributed by atoms with van der Waals surface area (Å²) in [5, 5.41) is 0. The Bertz CT molecular complexity index is 612. The second-order valence-electron chi connectivity index (χ2n) is 7.57. The molecule has 5 rings (SSSR count). The van der Waals surface area contributed by atoms with Crippen molar-refractivity contribution >= 4 is 0 Å². The van der Waals surface area contributed by atoms with Crippen LogP contribution in [0, 0.1) is 5.41 Å². The molecule has 0 heterocycles. The molecule has 0 N–H and O–H groups in total. The minimum absolute atomic E-state index is 0.439. The zero-order valence-corrected chi connectivity index (χ0v) is 13.7. The summed E-state index contributed by atoms with van der Waals surface area (Å²) in [7, 11) is 0. The number of rotatable bonds is 7. The van der Waals surface area contributed by atoms with Gasteiger partial charge < -0.3 is 0 Å². The van der Waals surface area contributed by atoms with E-state index in [0.717, 1.165) is 13.1 Å². The van der Waals surface area contributed by atoms with Crippen LogP contribution in [0.15, 0.2) is 73.3 Å². The topological polar surface area (TPSA) is 3.24 Å². The summed E-state index contributed by atoms with van der Waals surface area (Å²) in [5.74, 6) is 0. The van der Waals surface area contributed by atoms with Gasteiger partial charge >= 0.3 is 0 Å². The Morgan fingerprint density at radius 2 is 1.30 bits per heavy atom. The molecule has 0 radical (unpaired) electrons. The minimum Gasteiger partial charge on any atom is -0.289 e. The van der Waals surface area contributed by atoms with E-state index in [9.17, 15) is 0 Å². The van der Waals surface area contributed by atoms with Crippen molar-refractivity contribution < 1.29 is 0 Å². The SMILES string of the molecule is C=CCC12CC(N(Cc3ccccc3)Cc3ccccc3)(C1)C2. The van der Waals surface area contributed by atoms with Crippen molar-refractivity contribution in [2.45, 2.75) is 44.3 Å². The smallest absolute Gasteiger partial charge is 0.0242 e. The second kappa shape index (κ2) is 5.65. The van der Waals surface area contributed by atoms with Crippen LogP contribution in [0.25, 0.3) is 0 Å². The first-order valence-corrected chi connectivity index (χ1v) is 8.68. The number of hydrogen-bond acceptors (Lipinski definition) is 1. The van der Waals surface area contributed by atoms with Gasteiger partial charge in [-0.05, 0) is 42.2 Å². The zero-order chi connectivity index (χ0) is 15.8. The van der Waals surface area contributed by atoms with Gasteiger partial charge in [0.15, 0.2) is 0 Å². The first kappa shape index (κ1) is 14.7. The summed E-state index contributed by atoms with van der Waals surface area (Å²) in [6.07, 6.45) is 7.37. The van der Waals surface area contributed by atoms with Crippen LogP contribution >= 0.6 is 0 Å². The fourth-order valence-corrected chi connectivity index (χ4v) is 4.80. The van der Waals surface area contributed by atoms with Gasteiger partial charge in [-0.2, -0.15) is 0 Å². The molecule has 2 bridgehead atoms. The van der Waals surface area contributed by atoms with Crippen LogP contribution < -0.4 is 0 Å². The van der Waals surface area contributed by atoms with Gasteiger partial charge in [0.1, 0.15) is 0 Å². The Hall–Kier alpha value is -1.86. The molecule has 2 aromatic carbocycles. The first-order valence-electron chi connectivity index (χ1n) is 8.68. The maximum Gasteiger partial charge on any atom is 0.0242 e. The van der Waals surface area contributed by atoms with E-state index in [1.807, 2.05) is 0 Å². The minimum atomic E-state index is 0.439. The highest BCUT2D eigenvalue weighted by atomic mass is 15.2. The zero-order valence-electron chi connectivity index (χ0n) is 13.7. The third-order valence-corrected chi connectivity index (χ3v) is 5.79. The van der Waals surface area contributed by atoms with Crippen LogP contribution in [-0.2, 0) is 13.1 Å². The quantitative estimate of drug-likeness (QED) is 0.636. The molecule has 118 valence electrons. The van der Waals surface area contributed by atoms with Gasteiger partial charge in [0, 0.05) is 18.6 Å². The van der Waals surface area contributed by atoms with Gasteiger partial charge in [0.2, 0.25) is 0 Å². The van der Waals surface area contributed by atoms with E-state index in [0.29, 0.717) is 11.0 Å². The Balaban J connectivity index is 1.52. The summed E-state index contributed by atoms with van der Waals surface area (Å²) >= 11 is 0. The molecule has 3 saturated carbocycles. The van der Waals surface area contributed by atoms with E-state index in [-0.39, 0.29) is 0 Å². The van der Waals surface area contributed by atoms with Crippen LogP contribution in [0.4, 0.5) is 0 Å². The van der Waals surface area contributed by atoms with Gasteiger partial charge in [0.05, 0.1) is 0 Å². The summed E-state index contributed by atoms with van der Waals surface area (Å²) in [6.45, 7) is 6.05. The van der Waals surface area contributed by atoms with E-state index < -0.39 is 0 Å². The third kappa shape index (κ3) is 2.64. The second-order valence-corrected chi connectivity index (χ2v) is 7.57. The molecule has 0 unspecified atom stereocenters. The number of nitrogens with zero attached hydrogens (tertiary/aromatic N) is 1. The third-order valence-electron chi connectivity index (χ3n) is 5.79. The highest BCUT2D eigenvalue weighted by Crippen LogP contribution is 2.71. The van der Waals surface area contributed by atoms with Crippen LogP contribution in [0.5, 0.6) is 0 Å². The summed E-state index contributed by atoms with van der Waals surface area (Å²) in [6, 6.07) is 21.8. The lowest BCUT2D eigenvalue weighted by molar-refractivity contribution is -0.224. The van der Waals surface area contributed by atoms with Gasteiger partial charge in [-0.3, -0.25) is 4.90 Å². The van der Waals surface area contributed by atoms with Crippen LogP contribution in [0.2, 0.25) is 0 Å². The Labute approximate surface area is 139 Å². The van der Waals surface area contributed by atoms with Gasteiger partial charge in [-0.25, -0.2) is 0 Å². The molecule has 3 aliphatic carbocycles. The molecular weight excluding hydrogens is 278 g/mol. The molecular formula is C22H25N. The summed E-state index contributed by atoms with van der Waals surface area (Å²) in [5.41, 5.74) is 3.87. The van der Waals surface area contributed by atoms with E-state index in [1.165, 1.54) is 36.8 Å². The van der Waals surface area contributed by atoms with Crippen LogP contribution in [0.3, 0.4) is 0 Å². The van der Waals surface area contributed by atoms with E-state index in [1.54, 1.807) is 0 Å². The van der Waals surface area contributed by atoms with Crippen LogP contribution in [0.1, 0.15) is 36.8 Å². The summed E-state index contributed by atoms with van der Waals surface area (Å²) in [4.78, 5) is 2.72. The van der Waals surface area contributed by atoms with Gasteiger partial charge in [-0.1, -0.05) is 66.7 Å². The monoisotopic (exact) mass is 303 g/mol. The molecule has 0 spiro atoms. The predicted octanol–water partition coefficient (Wildman–Crippen LogP) is 5.19.